The maximum Gasteiger partial charge on any atom is 0.167 e. The van der Waals surface area contributed by atoms with Crippen molar-refractivity contribution in [3.63, 3.8) is 0 Å². The third-order valence-corrected chi connectivity index (χ3v) is 2.57. The summed E-state index contributed by atoms with van der Waals surface area (Å²) in [6.07, 6.45) is 0.899. The molecule has 0 heterocycles. The van der Waals surface area contributed by atoms with E-state index in [4.69, 9.17) is 0 Å². The standard InChI is InChI=1S/C11H13NO/c1-12-7-9-6-8-4-2-3-5-10(8)11(9)13/h2-5,9,12H,6-7H2,1H3. The number of fused-ring (bicyclic) bond motifs is 1. The lowest BCUT2D eigenvalue weighted by Gasteiger charge is -2.04. The third-order valence-electron chi connectivity index (χ3n) is 2.57. The average molecular weight is 175 g/mol. The topological polar surface area (TPSA) is 29.1 Å². The van der Waals surface area contributed by atoms with Crippen molar-refractivity contribution in [2.45, 2.75) is 6.42 Å². The van der Waals surface area contributed by atoms with Gasteiger partial charge in [-0.3, -0.25) is 4.79 Å². The summed E-state index contributed by atoms with van der Waals surface area (Å²) in [5.74, 6) is 0.451. The SMILES string of the molecule is CNCC1Cc2ccccc2C1=O. The monoisotopic (exact) mass is 175 g/mol. The van der Waals surface area contributed by atoms with Gasteiger partial charge in [-0.1, -0.05) is 24.3 Å². The van der Waals surface area contributed by atoms with Crippen LogP contribution in [0.4, 0.5) is 0 Å². The van der Waals surface area contributed by atoms with Gasteiger partial charge in [0.25, 0.3) is 0 Å². The Morgan fingerprint density at radius 2 is 2.23 bits per heavy atom. The molecule has 0 saturated carbocycles. The van der Waals surface area contributed by atoms with Gasteiger partial charge in [0.2, 0.25) is 0 Å². The molecule has 0 saturated heterocycles. The molecule has 1 N–H and O–H groups in total. The van der Waals surface area contributed by atoms with Crippen LogP contribution in [-0.2, 0) is 6.42 Å². The van der Waals surface area contributed by atoms with Crippen LogP contribution in [0.1, 0.15) is 15.9 Å². The second-order valence-electron chi connectivity index (χ2n) is 3.48. The first-order chi connectivity index (χ1) is 6.33. The van der Waals surface area contributed by atoms with Crippen molar-refractivity contribution in [1.29, 1.82) is 0 Å². The highest BCUT2D eigenvalue weighted by molar-refractivity contribution is 6.02. The highest BCUT2D eigenvalue weighted by atomic mass is 16.1. The first kappa shape index (κ1) is 8.45. The molecule has 13 heavy (non-hydrogen) atoms. The maximum absolute atomic E-state index is 11.7. The third kappa shape index (κ3) is 1.38. The van der Waals surface area contributed by atoms with Gasteiger partial charge >= 0.3 is 0 Å². The van der Waals surface area contributed by atoms with E-state index >= 15 is 0 Å². The summed E-state index contributed by atoms with van der Waals surface area (Å²) < 4.78 is 0. The molecule has 1 aliphatic rings. The van der Waals surface area contributed by atoms with E-state index in [0.717, 1.165) is 18.5 Å². The quantitative estimate of drug-likeness (QED) is 0.733. The van der Waals surface area contributed by atoms with Gasteiger partial charge in [0.1, 0.15) is 0 Å². The van der Waals surface area contributed by atoms with Crippen molar-refractivity contribution in [2.75, 3.05) is 13.6 Å². The molecule has 2 nitrogen and oxygen atoms in total. The molecule has 0 amide bonds. The maximum atomic E-state index is 11.7. The molecule has 0 spiro atoms. The molecule has 0 aliphatic heterocycles. The molecule has 0 bridgehead atoms. The van der Waals surface area contributed by atoms with Crippen molar-refractivity contribution in [3.8, 4) is 0 Å². The van der Waals surface area contributed by atoms with E-state index in [1.165, 1.54) is 5.56 Å². The van der Waals surface area contributed by atoms with Gasteiger partial charge in [0.05, 0.1) is 0 Å². The number of rotatable bonds is 2. The number of benzene rings is 1. The largest absolute Gasteiger partial charge is 0.319 e. The van der Waals surface area contributed by atoms with E-state index in [1.807, 2.05) is 31.3 Å². The van der Waals surface area contributed by atoms with Crippen molar-refractivity contribution in [1.82, 2.24) is 5.32 Å². The summed E-state index contributed by atoms with van der Waals surface area (Å²) in [5.41, 5.74) is 2.12. The average Bonchev–Trinajstić information content (AvgIpc) is 2.46. The molecule has 2 heteroatoms. The fourth-order valence-electron chi connectivity index (χ4n) is 1.93. The van der Waals surface area contributed by atoms with Gasteiger partial charge in [-0.2, -0.15) is 0 Å². The van der Waals surface area contributed by atoms with Crippen LogP contribution < -0.4 is 5.32 Å². The van der Waals surface area contributed by atoms with Crippen molar-refractivity contribution in [3.05, 3.63) is 35.4 Å². The van der Waals surface area contributed by atoms with Gasteiger partial charge < -0.3 is 5.32 Å². The van der Waals surface area contributed by atoms with Crippen LogP contribution in [0.3, 0.4) is 0 Å². The second kappa shape index (κ2) is 3.30. The number of Topliss-reactive ketones (excluding diaryl/α,β-unsaturated/α-hetero) is 1. The van der Waals surface area contributed by atoms with Gasteiger partial charge in [0.15, 0.2) is 5.78 Å². The highest BCUT2D eigenvalue weighted by Gasteiger charge is 2.28. The summed E-state index contributed by atoms with van der Waals surface area (Å²) in [6.45, 7) is 0.785. The van der Waals surface area contributed by atoms with Crippen molar-refractivity contribution >= 4 is 5.78 Å². The molecule has 1 aliphatic carbocycles. The summed E-state index contributed by atoms with van der Waals surface area (Å²) >= 11 is 0. The Bertz CT molecular complexity index is 333. The van der Waals surface area contributed by atoms with Crippen molar-refractivity contribution < 1.29 is 4.79 Å². The zero-order valence-corrected chi connectivity index (χ0v) is 7.71. The minimum absolute atomic E-state index is 0.155. The molecule has 1 unspecified atom stereocenters. The zero-order valence-electron chi connectivity index (χ0n) is 7.71. The van der Waals surface area contributed by atoms with E-state index < -0.39 is 0 Å². The lowest BCUT2D eigenvalue weighted by atomic mass is 10.1. The van der Waals surface area contributed by atoms with Gasteiger partial charge in [-0.05, 0) is 19.0 Å². The van der Waals surface area contributed by atoms with E-state index in [1.54, 1.807) is 0 Å². The zero-order chi connectivity index (χ0) is 9.26. The predicted octanol–water partition coefficient (Wildman–Crippen LogP) is 1.26. The van der Waals surface area contributed by atoms with Crippen LogP contribution >= 0.6 is 0 Å². The lowest BCUT2D eigenvalue weighted by molar-refractivity contribution is 0.0937. The van der Waals surface area contributed by atoms with Gasteiger partial charge in [-0.15, -0.1) is 0 Å². The summed E-state index contributed by atoms with van der Waals surface area (Å²) in [4.78, 5) is 11.7. The van der Waals surface area contributed by atoms with Gasteiger partial charge in [-0.25, -0.2) is 0 Å². The molecule has 0 fully saturated rings. The second-order valence-corrected chi connectivity index (χ2v) is 3.48. The Morgan fingerprint density at radius 3 is 2.92 bits per heavy atom. The first-order valence-electron chi connectivity index (χ1n) is 4.59. The van der Waals surface area contributed by atoms with E-state index in [-0.39, 0.29) is 5.92 Å². The minimum atomic E-state index is 0.155. The van der Waals surface area contributed by atoms with E-state index in [2.05, 4.69) is 5.32 Å². The van der Waals surface area contributed by atoms with Crippen LogP contribution in [0, 0.1) is 5.92 Å². The summed E-state index contributed by atoms with van der Waals surface area (Å²) in [7, 11) is 1.89. The molecule has 0 radical (unpaired) electrons. The van der Waals surface area contributed by atoms with Crippen LogP contribution in [0.15, 0.2) is 24.3 Å². The molecule has 68 valence electrons. The molecule has 1 atom stereocenters. The van der Waals surface area contributed by atoms with Gasteiger partial charge in [0, 0.05) is 18.0 Å². The molecular weight excluding hydrogens is 162 g/mol. The van der Waals surface area contributed by atoms with E-state index in [9.17, 15) is 4.79 Å². The minimum Gasteiger partial charge on any atom is -0.319 e. The van der Waals surface area contributed by atoms with Crippen molar-refractivity contribution in [2.24, 2.45) is 5.92 Å². The molecule has 0 aromatic heterocycles. The number of hydrogen-bond donors (Lipinski definition) is 1. The number of nitrogens with one attached hydrogen (secondary N) is 1. The number of hydrogen-bond acceptors (Lipinski definition) is 2. The predicted molar refractivity (Wildman–Crippen MR) is 51.9 cm³/mol. The molecule has 1 aromatic carbocycles. The van der Waals surface area contributed by atoms with Crippen LogP contribution in [0.25, 0.3) is 0 Å². The van der Waals surface area contributed by atoms with E-state index in [0.29, 0.717) is 5.78 Å². The van der Waals surface area contributed by atoms with Crippen LogP contribution in [0.5, 0.6) is 0 Å². The summed E-state index contributed by atoms with van der Waals surface area (Å²) in [6, 6.07) is 7.89. The first-order valence-corrected chi connectivity index (χ1v) is 4.59. The Labute approximate surface area is 78.0 Å². The molecule has 1 aromatic rings. The lowest BCUT2D eigenvalue weighted by Crippen LogP contribution is -2.23. The number of ketones is 1. The van der Waals surface area contributed by atoms with Crippen LogP contribution in [-0.4, -0.2) is 19.4 Å². The Kier molecular flexibility index (Phi) is 2.15. The Balaban J connectivity index is 2.28. The fourth-order valence-corrected chi connectivity index (χ4v) is 1.93. The Hall–Kier alpha value is -1.15. The fraction of sp³-hybridized carbons (Fsp3) is 0.364. The smallest absolute Gasteiger partial charge is 0.167 e. The Morgan fingerprint density at radius 1 is 1.46 bits per heavy atom. The summed E-state index contributed by atoms with van der Waals surface area (Å²) in [5, 5.41) is 3.05. The molecule has 2 rings (SSSR count). The number of carbonyl (C=O) groups excluding carboxylic acids is 1. The normalized spacial score (nSPS) is 20.4. The molecular formula is C11H13NO. The van der Waals surface area contributed by atoms with Crippen LogP contribution in [0.2, 0.25) is 0 Å². The number of carbonyl (C=O) groups is 1. The highest BCUT2D eigenvalue weighted by Crippen LogP contribution is 2.25.